The molecule has 0 spiro atoms. The van der Waals surface area contributed by atoms with E-state index in [0.29, 0.717) is 23.6 Å². The van der Waals surface area contributed by atoms with Crippen LogP contribution in [0.2, 0.25) is 0 Å². The zero-order valence-electron chi connectivity index (χ0n) is 17.7. The van der Waals surface area contributed by atoms with Crippen molar-refractivity contribution in [3.8, 4) is 0 Å². The van der Waals surface area contributed by atoms with E-state index in [2.05, 4.69) is 45.2 Å². The van der Waals surface area contributed by atoms with Gasteiger partial charge in [-0.2, -0.15) is 0 Å². The molecule has 2 aliphatic rings. The summed E-state index contributed by atoms with van der Waals surface area (Å²) in [7, 11) is 2.41. The molecule has 2 aliphatic heterocycles. The molecule has 0 N–H and O–H groups in total. The maximum atomic E-state index is 12.5. The maximum Gasteiger partial charge on any atom is 0.338 e. The number of fused-ring (bicyclic) bond motifs is 2. The van der Waals surface area contributed by atoms with Crippen molar-refractivity contribution < 1.29 is 31.0 Å². The lowest BCUT2D eigenvalue weighted by atomic mass is 9.95. The second kappa shape index (κ2) is 9.01. The van der Waals surface area contributed by atoms with E-state index in [-0.39, 0.29) is 29.1 Å². The van der Waals surface area contributed by atoms with Gasteiger partial charge in [0.1, 0.15) is 12.6 Å². The number of nitrogens with zero attached hydrogens (tertiary/aromatic N) is 1. The molecule has 156 valence electrons. The van der Waals surface area contributed by atoms with E-state index in [1.165, 1.54) is 24.0 Å². The monoisotopic (exact) mass is 457 g/mol. The van der Waals surface area contributed by atoms with Crippen LogP contribution in [0.4, 0.5) is 0 Å². The molecule has 4 heteroatoms. The molecule has 0 saturated carbocycles. The fourth-order valence-electron chi connectivity index (χ4n) is 5.24. The van der Waals surface area contributed by atoms with Crippen LogP contribution in [0.25, 0.3) is 0 Å². The number of quaternary nitrogens is 1. The molecule has 2 saturated heterocycles. The third-order valence-electron chi connectivity index (χ3n) is 7.02. The van der Waals surface area contributed by atoms with Crippen molar-refractivity contribution >= 4 is 5.97 Å². The average molecular weight is 458 g/mol. The molecule has 29 heavy (non-hydrogen) atoms. The highest BCUT2D eigenvalue weighted by atomic mass is 79.9. The molecule has 0 radical (unpaired) electrons. The summed E-state index contributed by atoms with van der Waals surface area (Å²) in [5, 5.41) is 0. The van der Waals surface area contributed by atoms with Gasteiger partial charge in [-0.25, -0.2) is 4.79 Å². The van der Waals surface area contributed by atoms with E-state index in [0.717, 1.165) is 23.9 Å². The number of hydrogen-bond donors (Lipinski definition) is 0. The highest BCUT2D eigenvalue weighted by Crippen LogP contribution is 2.43. The molecule has 4 rings (SSSR count). The Bertz CT molecular complexity index is 804. The van der Waals surface area contributed by atoms with E-state index < -0.39 is 0 Å². The zero-order chi connectivity index (χ0) is 19.7. The third kappa shape index (κ3) is 4.59. The molecule has 2 bridgehead atoms. The Kier molecular flexibility index (Phi) is 6.85. The maximum absolute atomic E-state index is 12.5. The quantitative estimate of drug-likeness (QED) is 0.508. The first kappa shape index (κ1) is 22.0. The third-order valence-corrected chi connectivity index (χ3v) is 7.02. The fourth-order valence-corrected chi connectivity index (χ4v) is 5.24. The first-order valence-electron chi connectivity index (χ1n) is 10.7. The van der Waals surface area contributed by atoms with E-state index in [1.807, 2.05) is 30.3 Å². The van der Waals surface area contributed by atoms with Crippen LogP contribution in [0.5, 0.6) is 0 Å². The summed E-state index contributed by atoms with van der Waals surface area (Å²) >= 11 is 0. The lowest BCUT2D eigenvalue weighted by molar-refractivity contribution is -0.961. The topological polar surface area (TPSA) is 26.3 Å². The standard InChI is InChI=1S/C25H32NO2.BrH/c1-18(2)20-11-9-19(10-12-20)17-26(3)22-13-14-23(26)16-24(15-22)28-25(27)21-7-5-4-6-8-21;/h4-12,18,22-24H,13-17H2,1-3H3;1H/q+1;/p-1/t22-,23+,24?,26?;. The minimum absolute atomic E-state index is 0. The van der Waals surface area contributed by atoms with Gasteiger partial charge in [-0.05, 0) is 23.6 Å². The molecule has 2 aromatic carbocycles. The lowest BCUT2D eigenvalue weighted by Gasteiger charge is -2.47. The van der Waals surface area contributed by atoms with Gasteiger partial charge in [0.15, 0.2) is 0 Å². The van der Waals surface area contributed by atoms with E-state index in [9.17, 15) is 4.79 Å². The van der Waals surface area contributed by atoms with Crippen LogP contribution in [-0.4, -0.2) is 35.7 Å². The number of rotatable bonds is 5. The summed E-state index contributed by atoms with van der Waals surface area (Å²) in [5.74, 6) is 0.399. The molecule has 4 atom stereocenters. The van der Waals surface area contributed by atoms with Gasteiger partial charge in [0.25, 0.3) is 0 Å². The Hall–Kier alpha value is -1.65. The summed E-state index contributed by atoms with van der Waals surface area (Å²) < 4.78 is 6.99. The van der Waals surface area contributed by atoms with Crippen LogP contribution in [0, 0.1) is 0 Å². The number of esters is 1. The first-order chi connectivity index (χ1) is 13.5. The molecule has 2 aromatic rings. The van der Waals surface area contributed by atoms with Gasteiger partial charge in [-0.1, -0.05) is 56.3 Å². The second-order valence-electron chi connectivity index (χ2n) is 9.15. The largest absolute Gasteiger partial charge is 1.00 e. The van der Waals surface area contributed by atoms with Crippen molar-refractivity contribution in [3.63, 3.8) is 0 Å². The van der Waals surface area contributed by atoms with Crippen molar-refractivity contribution in [2.45, 2.75) is 70.2 Å². The predicted molar refractivity (Wildman–Crippen MR) is 112 cm³/mol. The number of benzene rings is 2. The van der Waals surface area contributed by atoms with Crippen LogP contribution in [-0.2, 0) is 11.3 Å². The molecule has 2 heterocycles. The van der Waals surface area contributed by atoms with Gasteiger partial charge in [0, 0.05) is 31.2 Å². The van der Waals surface area contributed by atoms with Crippen LogP contribution in [0.1, 0.15) is 66.9 Å². The van der Waals surface area contributed by atoms with Gasteiger partial charge in [0.2, 0.25) is 0 Å². The van der Waals surface area contributed by atoms with E-state index in [4.69, 9.17) is 4.74 Å². The number of hydrogen-bond acceptors (Lipinski definition) is 2. The van der Waals surface area contributed by atoms with Crippen molar-refractivity contribution in [1.82, 2.24) is 0 Å². The normalized spacial score (nSPS) is 28.1. The summed E-state index contributed by atoms with van der Waals surface area (Å²) in [5.41, 5.74) is 3.48. The fraction of sp³-hybridized carbons (Fsp3) is 0.480. The van der Waals surface area contributed by atoms with Crippen LogP contribution < -0.4 is 17.0 Å². The number of halogens is 1. The van der Waals surface area contributed by atoms with Crippen LogP contribution >= 0.6 is 0 Å². The molecule has 0 aliphatic carbocycles. The summed E-state index contributed by atoms with van der Waals surface area (Å²) in [6, 6.07) is 19.7. The highest BCUT2D eigenvalue weighted by Gasteiger charge is 2.52. The number of carbonyl (C=O) groups is 1. The van der Waals surface area contributed by atoms with E-state index >= 15 is 0 Å². The van der Waals surface area contributed by atoms with Gasteiger partial charge in [0.05, 0.1) is 24.7 Å². The van der Waals surface area contributed by atoms with Crippen LogP contribution in [0.15, 0.2) is 54.6 Å². The molecule has 2 unspecified atom stereocenters. The molecular weight excluding hydrogens is 426 g/mol. The van der Waals surface area contributed by atoms with Crippen molar-refractivity contribution in [2.75, 3.05) is 7.05 Å². The average Bonchev–Trinajstić information content (AvgIpc) is 2.85. The smallest absolute Gasteiger partial charge is 0.338 e. The van der Waals surface area contributed by atoms with Gasteiger partial charge in [-0.15, -0.1) is 0 Å². The summed E-state index contributed by atoms with van der Waals surface area (Å²) in [4.78, 5) is 12.5. The Morgan fingerprint density at radius 1 is 1.00 bits per heavy atom. The van der Waals surface area contributed by atoms with Crippen molar-refractivity contribution in [3.05, 3.63) is 71.3 Å². The van der Waals surface area contributed by atoms with Gasteiger partial charge < -0.3 is 26.2 Å². The SMILES string of the molecule is CC(C)c1ccc(C[N+]2(C)[C@@H]3CC[C@H]2CC(OC(=O)c2ccccc2)C3)cc1.[Br-]. The molecule has 0 amide bonds. The van der Waals surface area contributed by atoms with Crippen molar-refractivity contribution in [1.29, 1.82) is 0 Å². The second-order valence-corrected chi connectivity index (χ2v) is 9.15. The van der Waals surface area contributed by atoms with E-state index in [1.54, 1.807) is 0 Å². The Labute approximate surface area is 185 Å². The molecular formula is C25H32BrNO2. The number of ether oxygens (including phenoxy) is 1. The minimum atomic E-state index is -0.176. The first-order valence-corrected chi connectivity index (χ1v) is 10.7. The minimum Gasteiger partial charge on any atom is -1.00 e. The number of carbonyl (C=O) groups excluding carboxylic acids is 1. The van der Waals surface area contributed by atoms with Gasteiger partial charge >= 0.3 is 5.97 Å². The Morgan fingerprint density at radius 2 is 1.59 bits per heavy atom. The highest BCUT2D eigenvalue weighted by molar-refractivity contribution is 5.89. The Morgan fingerprint density at radius 3 is 2.14 bits per heavy atom. The zero-order valence-corrected chi connectivity index (χ0v) is 19.3. The molecule has 2 fully saturated rings. The number of piperidine rings is 1. The summed E-state index contributed by atoms with van der Waals surface area (Å²) in [6.07, 6.45) is 4.50. The van der Waals surface area contributed by atoms with Crippen molar-refractivity contribution in [2.24, 2.45) is 0 Å². The Balaban J connectivity index is 0.00000240. The predicted octanol–water partition coefficient (Wildman–Crippen LogP) is 2.31. The van der Waals surface area contributed by atoms with Crippen LogP contribution in [0.3, 0.4) is 0 Å². The summed E-state index contributed by atoms with van der Waals surface area (Å²) in [6.45, 7) is 5.56. The molecule has 0 aromatic heterocycles. The van der Waals surface area contributed by atoms with Gasteiger partial charge in [-0.3, -0.25) is 0 Å². The lowest BCUT2D eigenvalue weighted by Crippen LogP contribution is -3.00. The molecule has 3 nitrogen and oxygen atoms in total.